The number of carbonyl (C=O) groups is 1. The van der Waals surface area contributed by atoms with Crippen LogP contribution < -0.4 is 14.8 Å². The highest BCUT2D eigenvalue weighted by Crippen LogP contribution is 2.28. The molecular weight excluding hydrogens is 380 g/mol. The number of fused-ring (bicyclic) bond motifs is 1. The monoisotopic (exact) mass is 402 g/mol. The zero-order valence-electron chi connectivity index (χ0n) is 16.8. The third kappa shape index (κ3) is 4.27. The normalized spacial score (nSPS) is 10.7. The van der Waals surface area contributed by atoms with Crippen LogP contribution in [0.1, 0.15) is 23.7 Å². The molecule has 0 saturated carbocycles. The number of aromatic nitrogens is 1. The fraction of sp³-hybridized carbons (Fsp3) is 0.167. The number of anilines is 1. The molecule has 30 heavy (non-hydrogen) atoms. The lowest BCUT2D eigenvalue weighted by Crippen LogP contribution is -2.11. The second-order valence-corrected chi connectivity index (χ2v) is 6.76. The van der Waals surface area contributed by atoms with Crippen LogP contribution in [0.25, 0.3) is 22.6 Å². The van der Waals surface area contributed by atoms with Gasteiger partial charge in [0.2, 0.25) is 5.89 Å². The van der Waals surface area contributed by atoms with Crippen molar-refractivity contribution in [2.45, 2.75) is 13.3 Å². The number of nitrogens with one attached hydrogen (secondary N) is 1. The predicted octanol–water partition coefficient (Wildman–Crippen LogP) is 5.54. The molecule has 1 N–H and O–H groups in total. The van der Waals surface area contributed by atoms with Crippen molar-refractivity contribution >= 4 is 22.7 Å². The number of carbonyl (C=O) groups excluding carboxylic acids is 1. The summed E-state index contributed by atoms with van der Waals surface area (Å²) < 4.78 is 16.6. The Labute approximate surface area is 174 Å². The number of oxazole rings is 1. The molecule has 4 rings (SSSR count). The Morgan fingerprint density at radius 1 is 1.03 bits per heavy atom. The average Bonchev–Trinajstić information content (AvgIpc) is 3.21. The van der Waals surface area contributed by atoms with E-state index < -0.39 is 0 Å². The lowest BCUT2D eigenvalue weighted by atomic mass is 10.1. The van der Waals surface area contributed by atoms with Crippen LogP contribution in [0.3, 0.4) is 0 Å². The molecule has 0 atom stereocenters. The maximum atomic E-state index is 12.6. The molecule has 0 aliphatic heterocycles. The van der Waals surface area contributed by atoms with Gasteiger partial charge in [0, 0.05) is 22.9 Å². The number of hydrogen-bond acceptors (Lipinski definition) is 5. The Kier molecular flexibility index (Phi) is 5.66. The molecule has 0 radical (unpaired) electrons. The quantitative estimate of drug-likeness (QED) is 0.439. The number of nitrogens with zero attached hydrogens (tertiary/aromatic N) is 1. The van der Waals surface area contributed by atoms with Crippen LogP contribution in [0.5, 0.6) is 11.5 Å². The maximum absolute atomic E-state index is 12.6. The largest absolute Gasteiger partial charge is 0.497 e. The van der Waals surface area contributed by atoms with E-state index in [9.17, 15) is 4.79 Å². The summed E-state index contributed by atoms with van der Waals surface area (Å²) in [5, 5.41) is 2.91. The van der Waals surface area contributed by atoms with E-state index in [2.05, 4.69) is 10.3 Å². The summed E-state index contributed by atoms with van der Waals surface area (Å²) in [4.78, 5) is 17.1. The van der Waals surface area contributed by atoms with Crippen molar-refractivity contribution in [2.24, 2.45) is 0 Å². The summed E-state index contributed by atoms with van der Waals surface area (Å²) in [5.74, 6) is 1.75. The molecule has 1 heterocycles. The van der Waals surface area contributed by atoms with Gasteiger partial charge in [0.1, 0.15) is 17.0 Å². The molecule has 0 spiro atoms. The average molecular weight is 402 g/mol. The van der Waals surface area contributed by atoms with Crippen LogP contribution >= 0.6 is 0 Å². The summed E-state index contributed by atoms with van der Waals surface area (Å²) in [6.07, 6.45) is 0.937. The number of hydrogen-bond donors (Lipinski definition) is 1. The van der Waals surface area contributed by atoms with Gasteiger partial charge in [0.25, 0.3) is 5.91 Å². The summed E-state index contributed by atoms with van der Waals surface area (Å²) in [7, 11) is 1.61. The molecular formula is C24H22N2O4. The number of benzene rings is 3. The lowest BCUT2D eigenvalue weighted by Gasteiger charge is -2.08. The first-order valence-corrected chi connectivity index (χ1v) is 9.75. The Morgan fingerprint density at radius 3 is 2.60 bits per heavy atom. The van der Waals surface area contributed by atoms with Gasteiger partial charge >= 0.3 is 0 Å². The van der Waals surface area contributed by atoms with Gasteiger partial charge in [-0.2, -0.15) is 0 Å². The van der Waals surface area contributed by atoms with Crippen LogP contribution in [0.4, 0.5) is 5.69 Å². The fourth-order valence-electron chi connectivity index (χ4n) is 3.01. The van der Waals surface area contributed by atoms with Crippen LogP contribution in [0, 0.1) is 0 Å². The first kappa shape index (κ1) is 19.5. The Hall–Kier alpha value is -3.80. The zero-order chi connectivity index (χ0) is 20.9. The molecule has 6 nitrogen and oxygen atoms in total. The van der Waals surface area contributed by atoms with Crippen molar-refractivity contribution in [2.75, 3.05) is 19.0 Å². The highest BCUT2D eigenvalue weighted by atomic mass is 16.5. The topological polar surface area (TPSA) is 73.6 Å². The van der Waals surface area contributed by atoms with Gasteiger partial charge in [-0.3, -0.25) is 4.79 Å². The van der Waals surface area contributed by atoms with Gasteiger partial charge in [-0.25, -0.2) is 4.98 Å². The van der Waals surface area contributed by atoms with Gasteiger partial charge in [0.05, 0.1) is 13.7 Å². The number of amides is 1. The summed E-state index contributed by atoms with van der Waals surface area (Å²) in [6, 6.07) is 20.0. The molecule has 0 saturated heterocycles. The maximum Gasteiger partial charge on any atom is 0.255 e. The van der Waals surface area contributed by atoms with Gasteiger partial charge in [-0.05, 0) is 61.0 Å². The molecule has 152 valence electrons. The second-order valence-electron chi connectivity index (χ2n) is 6.76. The highest BCUT2D eigenvalue weighted by Gasteiger charge is 2.11. The molecule has 3 aromatic carbocycles. The SMILES string of the molecule is CCCOc1ccc(C(=O)Nc2cccc(-c3nc4cc(OC)ccc4o3)c2)cc1. The minimum absolute atomic E-state index is 0.198. The molecule has 0 aliphatic rings. The van der Waals surface area contributed by atoms with Gasteiger partial charge in [0.15, 0.2) is 5.58 Å². The first-order valence-electron chi connectivity index (χ1n) is 9.75. The van der Waals surface area contributed by atoms with E-state index >= 15 is 0 Å². The molecule has 0 unspecified atom stereocenters. The van der Waals surface area contributed by atoms with Crippen LogP contribution in [-0.2, 0) is 0 Å². The Balaban J connectivity index is 1.51. The summed E-state index contributed by atoms with van der Waals surface area (Å²) in [6.45, 7) is 2.70. The second kappa shape index (κ2) is 8.69. The Morgan fingerprint density at radius 2 is 1.83 bits per heavy atom. The standard InChI is InChI=1S/C24H22N2O4/c1-3-13-29-19-9-7-16(8-10-19)23(27)25-18-6-4-5-17(14-18)24-26-21-15-20(28-2)11-12-22(21)30-24/h4-12,14-15H,3,13H2,1-2H3,(H,25,27). The van der Waals surface area contributed by atoms with Crippen molar-refractivity contribution < 1.29 is 18.7 Å². The molecule has 0 bridgehead atoms. The third-order valence-corrected chi connectivity index (χ3v) is 4.55. The number of methoxy groups -OCH3 is 1. The van der Waals surface area contributed by atoms with Gasteiger partial charge in [-0.15, -0.1) is 0 Å². The fourth-order valence-corrected chi connectivity index (χ4v) is 3.01. The van der Waals surface area contributed by atoms with E-state index in [0.717, 1.165) is 23.5 Å². The Bertz CT molecular complexity index is 1170. The van der Waals surface area contributed by atoms with Crippen LogP contribution in [-0.4, -0.2) is 24.6 Å². The predicted molar refractivity (Wildman–Crippen MR) is 116 cm³/mol. The molecule has 4 aromatic rings. The summed E-state index contributed by atoms with van der Waals surface area (Å²) >= 11 is 0. The van der Waals surface area contributed by atoms with Crippen molar-refractivity contribution in [1.82, 2.24) is 4.98 Å². The molecule has 1 aromatic heterocycles. The van der Waals surface area contributed by atoms with Crippen molar-refractivity contribution in [1.29, 1.82) is 0 Å². The molecule has 0 aliphatic carbocycles. The van der Waals surface area contributed by atoms with Gasteiger partial charge < -0.3 is 19.2 Å². The zero-order valence-corrected chi connectivity index (χ0v) is 16.8. The number of rotatable bonds is 7. The third-order valence-electron chi connectivity index (χ3n) is 4.55. The van der Waals surface area contributed by atoms with Crippen LogP contribution in [0.2, 0.25) is 0 Å². The first-order chi connectivity index (χ1) is 14.7. The van der Waals surface area contributed by atoms with E-state index in [4.69, 9.17) is 13.9 Å². The van der Waals surface area contributed by atoms with Crippen LogP contribution in [0.15, 0.2) is 71.1 Å². The van der Waals surface area contributed by atoms with Crippen molar-refractivity contribution in [3.63, 3.8) is 0 Å². The van der Waals surface area contributed by atoms with E-state index in [1.807, 2.05) is 49.4 Å². The number of ether oxygens (including phenoxy) is 2. The van der Waals surface area contributed by atoms with E-state index in [0.29, 0.717) is 34.8 Å². The molecule has 6 heteroatoms. The van der Waals surface area contributed by atoms with E-state index in [-0.39, 0.29) is 5.91 Å². The molecule has 0 fully saturated rings. The molecule has 1 amide bonds. The highest BCUT2D eigenvalue weighted by molar-refractivity contribution is 6.04. The van der Waals surface area contributed by atoms with Crippen molar-refractivity contribution in [3.05, 3.63) is 72.3 Å². The lowest BCUT2D eigenvalue weighted by molar-refractivity contribution is 0.102. The minimum Gasteiger partial charge on any atom is -0.497 e. The smallest absolute Gasteiger partial charge is 0.255 e. The van der Waals surface area contributed by atoms with E-state index in [1.165, 1.54) is 0 Å². The van der Waals surface area contributed by atoms with Gasteiger partial charge in [-0.1, -0.05) is 13.0 Å². The summed E-state index contributed by atoms with van der Waals surface area (Å²) in [5.41, 5.74) is 3.36. The van der Waals surface area contributed by atoms with E-state index in [1.54, 1.807) is 31.4 Å². The van der Waals surface area contributed by atoms with Crippen molar-refractivity contribution in [3.8, 4) is 23.0 Å². The minimum atomic E-state index is -0.198.